The standard InChI is InChI=1S/C22H26F2N2O3S/c1-14(2)22(27)26-11-10-19(25-30(3,28)29)20(26)13-15-6-4-7-16(12-15)17-8-5-9-18(23)21(17)24/h4-9,12,14,19-20,25H,10-11,13H2,1-3H3/t19-,20-/m0/s1. The Hall–Kier alpha value is -2.32. The highest BCUT2D eigenvalue weighted by Crippen LogP contribution is 2.28. The molecule has 1 amide bonds. The average molecular weight is 437 g/mol. The highest BCUT2D eigenvalue weighted by Gasteiger charge is 2.38. The van der Waals surface area contributed by atoms with Crippen LogP contribution in [0.25, 0.3) is 11.1 Å². The summed E-state index contributed by atoms with van der Waals surface area (Å²) < 4.78 is 54.1. The summed E-state index contributed by atoms with van der Waals surface area (Å²) in [6, 6.07) is 10.3. The van der Waals surface area contributed by atoms with Crippen LogP contribution in [0.1, 0.15) is 25.8 Å². The van der Waals surface area contributed by atoms with E-state index in [1.165, 1.54) is 12.1 Å². The van der Waals surface area contributed by atoms with Crippen LogP contribution < -0.4 is 4.72 Å². The predicted octanol–water partition coefficient (Wildman–Crippen LogP) is 3.35. The minimum atomic E-state index is -3.44. The number of nitrogens with zero attached hydrogens (tertiary/aromatic N) is 1. The van der Waals surface area contributed by atoms with Gasteiger partial charge in [-0.05, 0) is 30.0 Å². The summed E-state index contributed by atoms with van der Waals surface area (Å²) in [5, 5.41) is 0. The third-order valence-electron chi connectivity index (χ3n) is 5.32. The summed E-state index contributed by atoms with van der Waals surface area (Å²) in [5.74, 6) is -2.08. The second-order valence-electron chi connectivity index (χ2n) is 8.04. The highest BCUT2D eigenvalue weighted by molar-refractivity contribution is 7.88. The smallest absolute Gasteiger partial charge is 0.225 e. The summed E-state index contributed by atoms with van der Waals surface area (Å²) >= 11 is 0. The van der Waals surface area contributed by atoms with Crippen molar-refractivity contribution < 1.29 is 22.0 Å². The SMILES string of the molecule is CC(C)C(=O)N1CC[C@H](NS(C)(=O)=O)[C@@H]1Cc1cccc(-c2cccc(F)c2F)c1. The van der Waals surface area contributed by atoms with Gasteiger partial charge in [0.25, 0.3) is 0 Å². The Morgan fingerprint density at radius 3 is 2.57 bits per heavy atom. The van der Waals surface area contributed by atoms with E-state index in [1.807, 2.05) is 19.9 Å². The Morgan fingerprint density at radius 1 is 1.20 bits per heavy atom. The van der Waals surface area contributed by atoms with Gasteiger partial charge in [0.1, 0.15) is 0 Å². The molecular formula is C22H26F2N2O3S. The minimum Gasteiger partial charge on any atom is -0.337 e. The Morgan fingerprint density at radius 2 is 1.90 bits per heavy atom. The second-order valence-corrected chi connectivity index (χ2v) is 9.82. The number of rotatable bonds is 6. The topological polar surface area (TPSA) is 66.5 Å². The van der Waals surface area contributed by atoms with Gasteiger partial charge >= 0.3 is 0 Å². The molecule has 0 spiro atoms. The number of benzene rings is 2. The number of halogens is 2. The molecule has 0 aromatic heterocycles. The molecule has 0 saturated carbocycles. The van der Waals surface area contributed by atoms with Gasteiger partial charge in [0.05, 0.1) is 12.3 Å². The van der Waals surface area contributed by atoms with Crippen molar-refractivity contribution in [3.63, 3.8) is 0 Å². The average Bonchev–Trinajstić information content (AvgIpc) is 3.04. The summed E-state index contributed by atoms with van der Waals surface area (Å²) in [6.07, 6.45) is 2.02. The zero-order valence-corrected chi connectivity index (χ0v) is 18.0. The molecule has 0 radical (unpaired) electrons. The van der Waals surface area contributed by atoms with Crippen LogP contribution in [0.15, 0.2) is 42.5 Å². The number of nitrogens with one attached hydrogen (secondary N) is 1. The Bertz CT molecular complexity index is 1040. The van der Waals surface area contributed by atoms with Crippen molar-refractivity contribution in [3.05, 3.63) is 59.7 Å². The van der Waals surface area contributed by atoms with Gasteiger partial charge < -0.3 is 4.90 Å². The number of hydrogen-bond acceptors (Lipinski definition) is 3. The Labute approximate surface area is 176 Å². The molecule has 1 heterocycles. The first-order valence-electron chi connectivity index (χ1n) is 9.88. The molecule has 1 fully saturated rings. The quantitative estimate of drug-likeness (QED) is 0.755. The first-order chi connectivity index (χ1) is 14.1. The van der Waals surface area contributed by atoms with Gasteiger partial charge in [-0.25, -0.2) is 21.9 Å². The van der Waals surface area contributed by atoms with Gasteiger partial charge in [0, 0.05) is 24.1 Å². The van der Waals surface area contributed by atoms with Crippen LogP contribution in [-0.4, -0.2) is 44.1 Å². The lowest BCUT2D eigenvalue weighted by molar-refractivity contribution is -0.135. The van der Waals surface area contributed by atoms with E-state index in [-0.39, 0.29) is 23.4 Å². The predicted molar refractivity (Wildman–Crippen MR) is 112 cm³/mol. The normalized spacial score (nSPS) is 19.5. The second kappa shape index (κ2) is 8.81. The van der Waals surface area contributed by atoms with Crippen LogP contribution >= 0.6 is 0 Å². The van der Waals surface area contributed by atoms with Gasteiger partial charge in [-0.3, -0.25) is 4.79 Å². The number of amides is 1. The lowest BCUT2D eigenvalue weighted by Crippen LogP contribution is -2.48. The largest absolute Gasteiger partial charge is 0.337 e. The molecule has 0 bridgehead atoms. The summed E-state index contributed by atoms with van der Waals surface area (Å²) in [5.41, 5.74) is 1.49. The molecule has 5 nitrogen and oxygen atoms in total. The van der Waals surface area contributed by atoms with E-state index in [4.69, 9.17) is 0 Å². The number of likely N-dealkylation sites (tertiary alicyclic amines) is 1. The van der Waals surface area contributed by atoms with Crippen molar-refractivity contribution in [2.45, 2.75) is 38.8 Å². The molecule has 3 rings (SSSR count). The van der Waals surface area contributed by atoms with Crippen LogP contribution in [0.5, 0.6) is 0 Å². The van der Waals surface area contributed by atoms with Crippen LogP contribution in [0.2, 0.25) is 0 Å². The van der Waals surface area contributed by atoms with E-state index < -0.39 is 27.7 Å². The van der Waals surface area contributed by atoms with E-state index in [2.05, 4.69) is 4.72 Å². The van der Waals surface area contributed by atoms with Crippen LogP contribution in [0, 0.1) is 17.6 Å². The maximum Gasteiger partial charge on any atom is 0.225 e. The molecule has 1 aliphatic heterocycles. The summed E-state index contributed by atoms with van der Waals surface area (Å²) in [4.78, 5) is 14.4. The molecule has 0 unspecified atom stereocenters. The van der Waals surface area contributed by atoms with Crippen molar-refractivity contribution in [1.82, 2.24) is 9.62 Å². The fourth-order valence-corrected chi connectivity index (χ4v) is 4.78. The molecule has 1 aliphatic rings. The Kier molecular flexibility index (Phi) is 6.57. The van der Waals surface area contributed by atoms with Crippen molar-refractivity contribution in [2.24, 2.45) is 5.92 Å². The molecule has 1 saturated heterocycles. The van der Waals surface area contributed by atoms with Crippen molar-refractivity contribution in [2.75, 3.05) is 12.8 Å². The number of carbonyl (C=O) groups is 1. The van der Waals surface area contributed by atoms with Crippen LogP contribution in [-0.2, 0) is 21.2 Å². The van der Waals surface area contributed by atoms with Gasteiger partial charge in [-0.1, -0.05) is 50.2 Å². The van der Waals surface area contributed by atoms with E-state index in [0.29, 0.717) is 24.9 Å². The minimum absolute atomic E-state index is 0.0369. The fourth-order valence-electron chi connectivity index (χ4n) is 3.96. The molecule has 2 atom stereocenters. The number of carbonyl (C=O) groups excluding carboxylic acids is 1. The molecule has 2 aromatic carbocycles. The lowest BCUT2D eigenvalue weighted by Gasteiger charge is -2.30. The van der Waals surface area contributed by atoms with E-state index in [9.17, 15) is 22.0 Å². The van der Waals surface area contributed by atoms with Gasteiger partial charge in [-0.15, -0.1) is 0 Å². The zero-order chi connectivity index (χ0) is 22.1. The monoisotopic (exact) mass is 436 g/mol. The maximum absolute atomic E-state index is 14.2. The van der Waals surface area contributed by atoms with Gasteiger partial charge in [0.2, 0.25) is 15.9 Å². The summed E-state index contributed by atoms with van der Waals surface area (Å²) in [7, 11) is -3.44. The Balaban J connectivity index is 1.92. The molecule has 2 aromatic rings. The van der Waals surface area contributed by atoms with Crippen LogP contribution in [0.3, 0.4) is 0 Å². The molecule has 1 N–H and O–H groups in total. The third kappa shape index (κ3) is 5.05. The van der Waals surface area contributed by atoms with Crippen molar-refractivity contribution in [1.29, 1.82) is 0 Å². The third-order valence-corrected chi connectivity index (χ3v) is 6.05. The van der Waals surface area contributed by atoms with Gasteiger partial charge in [0.15, 0.2) is 11.6 Å². The molecule has 162 valence electrons. The van der Waals surface area contributed by atoms with Crippen molar-refractivity contribution in [3.8, 4) is 11.1 Å². The molecule has 0 aliphatic carbocycles. The number of hydrogen-bond donors (Lipinski definition) is 1. The zero-order valence-electron chi connectivity index (χ0n) is 17.2. The highest BCUT2D eigenvalue weighted by atomic mass is 32.2. The van der Waals surface area contributed by atoms with E-state index >= 15 is 0 Å². The van der Waals surface area contributed by atoms with E-state index in [1.54, 1.807) is 23.1 Å². The molecular weight excluding hydrogens is 410 g/mol. The van der Waals surface area contributed by atoms with Gasteiger partial charge in [-0.2, -0.15) is 0 Å². The van der Waals surface area contributed by atoms with Crippen LogP contribution in [0.4, 0.5) is 8.78 Å². The molecule has 30 heavy (non-hydrogen) atoms. The maximum atomic E-state index is 14.2. The van der Waals surface area contributed by atoms with E-state index in [0.717, 1.165) is 17.9 Å². The first kappa shape index (κ1) is 22.4. The first-order valence-corrected chi connectivity index (χ1v) is 11.8. The number of sulfonamides is 1. The fraction of sp³-hybridized carbons (Fsp3) is 0.409. The molecule has 8 heteroatoms. The lowest BCUT2D eigenvalue weighted by atomic mass is 9.96. The summed E-state index contributed by atoms with van der Waals surface area (Å²) in [6.45, 7) is 4.08. The van der Waals surface area contributed by atoms with Crippen molar-refractivity contribution >= 4 is 15.9 Å².